The summed E-state index contributed by atoms with van der Waals surface area (Å²) in [6.07, 6.45) is 0. The van der Waals surface area contributed by atoms with Gasteiger partial charge in [-0.1, -0.05) is 12.1 Å². The van der Waals surface area contributed by atoms with Crippen LogP contribution in [-0.2, 0) is 0 Å². The minimum atomic E-state index is -0.544. The van der Waals surface area contributed by atoms with Crippen molar-refractivity contribution in [1.82, 2.24) is 0 Å². The number of hydrogen-bond donors (Lipinski definition) is 1. The Labute approximate surface area is 120 Å². The van der Waals surface area contributed by atoms with E-state index in [0.29, 0.717) is 11.3 Å². The Hall–Kier alpha value is -2.76. The van der Waals surface area contributed by atoms with Crippen molar-refractivity contribution in [2.24, 2.45) is 0 Å². The summed E-state index contributed by atoms with van der Waals surface area (Å²) in [7, 11) is 0. The summed E-state index contributed by atoms with van der Waals surface area (Å²) in [5.41, 5.74) is 1.10. The van der Waals surface area contributed by atoms with E-state index >= 15 is 0 Å². The third-order valence-corrected chi connectivity index (χ3v) is 3.18. The molecule has 1 N–H and O–H groups in total. The molecule has 0 saturated carbocycles. The second kappa shape index (κ2) is 5.70. The fourth-order valence-electron chi connectivity index (χ4n) is 1.94. The van der Waals surface area contributed by atoms with Gasteiger partial charge in [-0.05, 0) is 37.6 Å². The number of amides is 1. The molecule has 0 atom stereocenters. The minimum Gasteiger partial charge on any atom is -0.322 e. The van der Waals surface area contributed by atoms with Crippen molar-refractivity contribution in [3.05, 3.63) is 69.0 Å². The van der Waals surface area contributed by atoms with E-state index in [0.717, 1.165) is 0 Å². The number of nitrogens with one attached hydrogen (secondary N) is 1. The van der Waals surface area contributed by atoms with Crippen LogP contribution in [0, 0.1) is 29.8 Å². The monoisotopic (exact) mass is 288 g/mol. The first-order chi connectivity index (χ1) is 9.90. The first kappa shape index (κ1) is 14.6. The number of benzene rings is 2. The van der Waals surface area contributed by atoms with Crippen molar-refractivity contribution in [1.29, 1.82) is 0 Å². The first-order valence-electron chi connectivity index (χ1n) is 6.21. The molecule has 0 fully saturated rings. The molecule has 2 rings (SSSR count). The SMILES string of the molecule is Cc1ccc(NC(=O)c2cccc([N+](=O)[O-])c2C)cc1F. The van der Waals surface area contributed by atoms with Crippen LogP contribution < -0.4 is 5.32 Å². The first-order valence-corrected chi connectivity index (χ1v) is 6.21. The third kappa shape index (κ3) is 3.05. The highest BCUT2D eigenvalue weighted by molar-refractivity contribution is 6.05. The van der Waals surface area contributed by atoms with Gasteiger partial charge in [0.1, 0.15) is 5.82 Å². The highest BCUT2D eigenvalue weighted by atomic mass is 19.1. The number of rotatable bonds is 3. The number of nitro benzene ring substituents is 1. The molecule has 0 aliphatic rings. The van der Waals surface area contributed by atoms with Gasteiger partial charge in [-0.25, -0.2) is 4.39 Å². The van der Waals surface area contributed by atoms with Crippen molar-refractivity contribution in [3.8, 4) is 0 Å². The molecule has 0 spiro atoms. The molecule has 108 valence electrons. The minimum absolute atomic E-state index is 0.127. The average Bonchev–Trinajstić information content (AvgIpc) is 2.42. The molecule has 0 aromatic heterocycles. The zero-order valence-electron chi connectivity index (χ0n) is 11.5. The highest BCUT2D eigenvalue weighted by Crippen LogP contribution is 2.22. The molecule has 1 amide bonds. The number of nitrogens with zero attached hydrogens (tertiary/aromatic N) is 1. The fraction of sp³-hybridized carbons (Fsp3) is 0.133. The number of halogens is 1. The largest absolute Gasteiger partial charge is 0.322 e. The maximum Gasteiger partial charge on any atom is 0.273 e. The normalized spacial score (nSPS) is 10.2. The molecule has 0 heterocycles. The molecule has 0 aliphatic heterocycles. The molecule has 2 aromatic rings. The summed E-state index contributed by atoms with van der Waals surface area (Å²) >= 11 is 0. The van der Waals surface area contributed by atoms with Crippen LogP contribution in [0.3, 0.4) is 0 Å². The van der Waals surface area contributed by atoms with E-state index in [-0.39, 0.29) is 16.8 Å². The molecule has 0 unspecified atom stereocenters. The van der Waals surface area contributed by atoms with Gasteiger partial charge in [0.05, 0.1) is 4.92 Å². The van der Waals surface area contributed by atoms with Crippen LogP contribution in [0.15, 0.2) is 36.4 Å². The summed E-state index contributed by atoms with van der Waals surface area (Å²) in [5.74, 6) is -0.942. The van der Waals surface area contributed by atoms with Crippen molar-refractivity contribution in [3.63, 3.8) is 0 Å². The molecule has 6 heteroatoms. The van der Waals surface area contributed by atoms with Gasteiger partial charge in [0.15, 0.2) is 0 Å². The Bertz CT molecular complexity index is 729. The van der Waals surface area contributed by atoms with Gasteiger partial charge in [-0.2, -0.15) is 0 Å². The zero-order valence-corrected chi connectivity index (χ0v) is 11.5. The predicted octanol–water partition coefficient (Wildman–Crippen LogP) is 3.60. The summed E-state index contributed by atoms with van der Waals surface area (Å²) in [4.78, 5) is 22.5. The van der Waals surface area contributed by atoms with Gasteiger partial charge in [0.25, 0.3) is 11.6 Å². The van der Waals surface area contributed by atoms with Gasteiger partial charge in [0, 0.05) is 22.9 Å². The molecule has 21 heavy (non-hydrogen) atoms. The standard InChI is InChI=1S/C15H13FN2O3/c1-9-6-7-11(8-13(9)16)17-15(19)12-4-3-5-14(10(12)2)18(20)21/h3-8H,1-2H3,(H,17,19). The van der Waals surface area contributed by atoms with Crippen LogP contribution in [-0.4, -0.2) is 10.8 Å². The Balaban J connectivity index is 2.30. The number of anilines is 1. The number of carbonyl (C=O) groups is 1. The summed E-state index contributed by atoms with van der Waals surface area (Å²) in [6.45, 7) is 3.12. The third-order valence-electron chi connectivity index (χ3n) is 3.18. The number of carbonyl (C=O) groups excluding carboxylic acids is 1. The molecular formula is C15H13FN2O3. The molecule has 0 saturated heterocycles. The van der Waals surface area contributed by atoms with Crippen molar-refractivity contribution in [2.45, 2.75) is 13.8 Å². The Morgan fingerprint density at radius 2 is 1.95 bits per heavy atom. The fourth-order valence-corrected chi connectivity index (χ4v) is 1.94. The maximum absolute atomic E-state index is 13.4. The smallest absolute Gasteiger partial charge is 0.273 e. The highest BCUT2D eigenvalue weighted by Gasteiger charge is 2.18. The van der Waals surface area contributed by atoms with E-state index in [2.05, 4.69) is 5.32 Å². The van der Waals surface area contributed by atoms with Crippen LogP contribution >= 0.6 is 0 Å². The summed E-state index contributed by atoms with van der Waals surface area (Å²) in [6, 6.07) is 8.59. The van der Waals surface area contributed by atoms with Gasteiger partial charge in [0.2, 0.25) is 0 Å². The lowest BCUT2D eigenvalue weighted by atomic mass is 10.1. The molecule has 0 bridgehead atoms. The van der Waals surface area contributed by atoms with E-state index in [4.69, 9.17) is 0 Å². The van der Waals surface area contributed by atoms with E-state index in [1.165, 1.54) is 31.2 Å². The van der Waals surface area contributed by atoms with E-state index in [1.807, 2.05) is 0 Å². The molecule has 2 aromatic carbocycles. The summed E-state index contributed by atoms with van der Waals surface area (Å²) in [5, 5.41) is 13.4. The number of aryl methyl sites for hydroxylation is 1. The molecular weight excluding hydrogens is 275 g/mol. The van der Waals surface area contributed by atoms with Gasteiger partial charge in [-0.3, -0.25) is 14.9 Å². The second-order valence-corrected chi connectivity index (χ2v) is 4.62. The predicted molar refractivity (Wildman–Crippen MR) is 76.9 cm³/mol. The number of hydrogen-bond acceptors (Lipinski definition) is 3. The van der Waals surface area contributed by atoms with Crippen LogP contribution in [0.4, 0.5) is 15.8 Å². The van der Waals surface area contributed by atoms with Gasteiger partial charge in [-0.15, -0.1) is 0 Å². The zero-order chi connectivity index (χ0) is 15.6. The lowest BCUT2D eigenvalue weighted by molar-refractivity contribution is -0.385. The van der Waals surface area contributed by atoms with E-state index in [9.17, 15) is 19.3 Å². The van der Waals surface area contributed by atoms with Crippen LogP contribution in [0.2, 0.25) is 0 Å². The van der Waals surface area contributed by atoms with E-state index in [1.54, 1.807) is 19.1 Å². The van der Waals surface area contributed by atoms with Gasteiger partial charge >= 0.3 is 0 Å². The molecule has 0 aliphatic carbocycles. The average molecular weight is 288 g/mol. The number of nitro groups is 1. The van der Waals surface area contributed by atoms with Crippen LogP contribution in [0.1, 0.15) is 21.5 Å². The quantitative estimate of drug-likeness (QED) is 0.692. The Morgan fingerprint density at radius 1 is 1.24 bits per heavy atom. The van der Waals surface area contributed by atoms with Crippen molar-refractivity contribution in [2.75, 3.05) is 5.32 Å². The maximum atomic E-state index is 13.4. The second-order valence-electron chi connectivity index (χ2n) is 4.62. The van der Waals surface area contributed by atoms with Crippen molar-refractivity contribution >= 4 is 17.3 Å². The topological polar surface area (TPSA) is 72.2 Å². The lowest BCUT2D eigenvalue weighted by Gasteiger charge is -2.08. The van der Waals surface area contributed by atoms with Crippen LogP contribution in [0.5, 0.6) is 0 Å². The Kier molecular flexibility index (Phi) is 3.98. The van der Waals surface area contributed by atoms with Gasteiger partial charge < -0.3 is 5.32 Å². The van der Waals surface area contributed by atoms with E-state index < -0.39 is 16.6 Å². The van der Waals surface area contributed by atoms with Crippen LogP contribution in [0.25, 0.3) is 0 Å². The Morgan fingerprint density at radius 3 is 2.57 bits per heavy atom. The summed E-state index contributed by atoms with van der Waals surface area (Å²) < 4.78 is 13.4. The molecule has 0 radical (unpaired) electrons. The lowest BCUT2D eigenvalue weighted by Crippen LogP contribution is -2.14. The van der Waals surface area contributed by atoms with Crippen molar-refractivity contribution < 1.29 is 14.1 Å². The molecule has 5 nitrogen and oxygen atoms in total.